The molecular weight excluding hydrogens is 162 g/mol. The molecule has 1 saturated carbocycles. The second-order valence-corrected chi connectivity index (χ2v) is 4.42. The summed E-state index contributed by atoms with van der Waals surface area (Å²) in [5.74, 6) is 0. The smallest absolute Gasteiger partial charge is 0.0675 e. The first-order chi connectivity index (χ1) is 6.18. The third-order valence-corrected chi connectivity index (χ3v) is 2.54. The summed E-state index contributed by atoms with van der Waals surface area (Å²) in [6.07, 6.45) is 6.16. The lowest BCUT2D eigenvalue weighted by Gasteiger charge is -2.19. The summed E-state index contributed by atoms with van der Waals surface area (Å²) in [6.45, 7) is 7.48. The van der Waals surface area contributed by atoms with Crippen LogP contribution < -0.4 is 5.32 Å². The summed E-state index contributed by atoms with van der Waals surface area (Å²) in [4.78, 5) is 0. The van der Waals surface area contributed by atoms with E-state index in [1.54, 1.807) is 0 Å². The fourth-order valence-electron chi connectivity index (χ4n) is 1.80. The molecule has 0 bridgehead atoms. The minimum absolute atomic E-state index is 0.366. The largest absolute Gasteiger partial charge is 0.374 e. The van der Waals surface area contributed by atoms with Gasteiger partial charge in [-0.15, -0.1) is 0 Å². The molecule has 0 spiro atoms. The maximum atomic E-state index is 5.90. The van der Waals surface area contributed by atoms with Gasteiger partial charge in [-0.2, -0.15) is 0 Å². The molecule has 0 amide bonds. The molecule has 1 aliphatic carbocycles. The Morgan fingerprint density at radius 3 is 2.38 bits per heavy atom. The molecule has 0 aromatic rings. The molecule has 1 rings (SSSR count). The second-order valence-electron chi connectivity index (χ2n) is 4.42. The van der Waals surface area contributed by atoms with E-state index in [4.69, 9.17) is 4.74 Å². The maximum Gasteiger partial charge on any atom is 0.0675 e. The number of nitrogens with one attached hydrogen (secondary N) is 1. The fourth-order valence-corrected chi connectivity index (χ4v) is 1.80. The molecule has 0 aromatic carbocycles. The monoisotopic (exact) mass is 185 g/mol. The van der Waals surface area contributed by atoms with Crippen LogP contribution in [0.15, 0.2) is 0 Å². The molecule has 1 N–H and O–H groups in total. The van der Waals surface area contributed by atoms with E-state index in [9.17, 15) is 0 Å². The Balaban J connectivity index is 2.05. The number of ether oxygens (including phenoxy) is 1. The molecular formula is C11H23NO. The molecule has 1 fully saturated rings. The van der Waals surface area contributed by atoms with Crippen molar-refractivity contribution in [3.05, 3.63) is 0 Å². The topological polar surface area (TPSA) is 21.3 Å². The Hall–Kier alpha value is -0.0800. The molecule has 0 radical (unpaired) electrons. The normalized spacial score (nSPS) is 21.2. The average Bonchev–Trinajstić information content (AvgIpc) is 2.53. The van der Waals surface area contributed by atoms with E-state index < -0.39 is 0 Å². The summed E-state index contributed by atoms with van der Waals surface area (Å²) in [6, 6.07) is 0.564. The minimum atomic E-state index is 0.366. The molecule has 1 atom stereocenters. The first-order valence-electron chi connectivity index (χ1n) is 5.57. The minimum Gasteiger partial charge on any atom is -0.374 e. The first kappa shape index (κ1) is 11.0. The van der Waals surface area contributed by atoms with Crippen molar-refractivity contribution in [2.24, 2.45) is 0 Å². The SMILES string of the molecule is CC(C)NCC(C)OC1CCCC1. The van der Waals surface area contributed by atoms with Crippen molar-refractivity contribution >= 4 is 0 Å². The van der Waals surface area contributed by atoms with Crippen LogP contribution in [0.1, 0.15) is 46.5 Å². The van der Waals surface area contributed by atoms with Gasteiger partial charge in [-0.25, -0.2) is 0 Å². The molecule has 0 saturated heterocycles. The van der Waals surface area contributed by atoms with Gasteiger partial charge < -0.3 is 10.1 Å². The van der Waals surface area contributed by atoms with Crippen molar-refractivity contribution in [2.45, 2.75) is 64.7 Å². The van der Waals surface area contributed by atoms with Crippen LogP contribution >= 0.6 is 0 Å². The van der Waals surface area contributed by atoms with E-state index in [-0.39, 0.29) is 0 Å². The van der Waals surface area contributed by atoms with Crippen LogP contribution in [0.2, 0.25) is 0 Å². The zero-order valence-corrected chi connectivity index (χ0v) is 9.18. The number of rotatable bonds is 5. The maximum absolute atomic E-state index is 5.90. The highest BCUT2D eigenvalue weighted by atomic mass is 16.5. The van der Waals surface area contributed by atoms with Crippen LogP contribution in [0.3, 0.4) is 0 Å². The van der Waals surface area contributed by atoms with E-state index in [2.05, 4.69) is 26.1 Å². The van der Waals surface area contributed by atoms with Crippen molar-refractivity contribution in [1.29, 1.82) is 0 Å². The van der Waals surface area contributed by atoms with Crippen LogP contribution in [0.4, 0.5) is 0 Å². The Morgan fingerprint density at radius 2 is 1.85 bits per heavy atom. The van der Waals surface area contributed by atoms with Gasteiger partial charge in [0, 0.05) is 12.6 Å². The Morgan fingerprint density at radius 1 is 1.23 bits per heavy atom. The molecule has 0 aliphatic heterocycles. The molecule has 78 valence electrons. The summed E-state index contributed by atoms with van der Waals surface area (Å²) >= 11 is 0. The molecule has 1 unspecified atom stereocenters. The summed E-state index contributed by atoms with van der Waals surface area (Å²) in [7, 11) is 0. The van der Waals surface area contributed by atoms with Crippen LogP contribution in [-0.4, -0.2) is 24.8 Å². The van der Waals surface area contributed by atoms with Crippen LogP contribution in [0, 0.1) is 0 Å². The summed E-state index contributed by atoms with van der Waals surface area (Å²) < 4.78 is 5.90. The van der Waals surface area contributed by atoms with Gasteiger partial charge in [0.05, 0.1) is 12.2 Å². The van der Waals surface area contributed by atoms with E-state index in [0.717, 1.165) is 6.54 Å². The highest BCUT2D eigenvalue weighted by molar-refractivity contribution is 4.69. The highest BCUT2D eigenvalue weighted by Crippen LogP contribution is 2.21. The third kappa shape index (κ3) is 4.63. The predicted molar refractivity (Wildman–Crippen MR) is 55.9 cm³/mol. The van der Waals surface area contributed by atoms with Crippen molar-refractivity contribution in [3.8, 4) is 0 Å². The second kappa shape index (κ2) is 5.61. The van der Waals surface area contributed by atoms with E-state index >= 15 is 0 Å². The predicted octanol–water partition coefficient (Wildman–Crippen LogP) is 2.33. The first-order valence-corrected chi connectivity index (χ1v) is 5.57. The summed E-state index contributed by atoms with van der Waals surface area (Å²) in [5, 5.41) is 3.39. The van der Waals surface area contributed by atoms with Gasteiger partial charge in [-0.05, 0) is 19.8 Å². The van der Waals surface area contributed by atoms with Crippen molar-refractivity contribution in [3.63, 3.8) is 0 Å². The third-order valence-electron chi connectivity index (χ3n) is 2.54. The summed E-state index contributed by atoms with van der Waals surface area (Å²) in [5.41, 5.74) is 0. The highest BCUT2D eigenvalue weighted by Gasteiger charge is 2.17. The van der Waals surface area contributed by atoms with Crippen LogP contribution in [0.5, 0.6) is 0 Å². The Labute approximate surface area is 82.0 Å². The van der Waals surface area contributed by atoms with Gasteiger partial charge in [0.1, 0.15) is 0 Å². The van der Waals surface area contributed by atoms with Crippen molar-refractivity contribution < 1.29 is 4.74 Å². The molecule has 2 heteroatoms. The van der Waals surface area contributed by atoms with E-state index in [0.29, 0.717) is 18.2 Å². The van der Waals surface area contributed by atoms with Gasteiger partial charge in [-0.1, -0.05) is 26.7 Å². The van der Waals surface area contributed by atoms with Crippen LogP contribution in [-0.2, 0) is 4.74 Å². The zero-order valence-electron chi connectivity index (χ0n) is 9.18. The van der Waals surface area contributed by atoms with Gasteiger partial charge in [0.25, 0.3) is 0 Å². The fraction of sp³-hybridized carbons (Fsp3) is 1.00. The van der Waals surface area contributed by atoms with Crippen molar-refractivity contribution in [2.75, 3.05) is 6.54 Å². The Bertz CT molecular complexity index is 130. The van der Waals surface area contributed by atoms with E-state index in [1.165, 1.54) is 25.7 Å². The van der Waals surface area contributed by atoms with Gasteiger partial charge in [-0.3, -0.25) is 0 Å². The lowest BCUT2D eigenvalue weighted by molar-refractivity contribution is 0.00231. The van der Waals surface area contributed by atoms with Crippen molar-refractivity contribution in [1.82, 2.24) is 5.32 Å². The molecule has 0 aromatic heterocycles. The average molecular weight is 185 g/mol. The standard InChI is InChI=1S/C11H23NO/c1-9(2)12-8-10(3)13-11-6-4-5-7-11/h9-12H,4-8H2,1-3H3. The lowest BCUT2D eigenvalue weighted by Crippen LogP contribution is -2.33. The number of hydrogen-bond donors (Lipinski definition) is 1. The molecule has 13 heavy (non-hydrogen) atoms. The number of hydrogen-bond acceptors (Lipinski definition) is 2. The molecule has 0 heterocycles. The molecule has 1 aliphatic rings. The Kier molecular flexibility index (Phi) is 4.74. The van der Waals surface area contributed by atoms with Gasteiger partial charge >= 0.3 is 0 Å². The quantitative estimate of drug-likeness (QED) is 0.710. The van der Waals surface area contributed by atoms with Gasteiger partial charge in [0.2, 0.25) is 0 Å². The van der Waals surface area contributed by atoms with Gasteiger partial charge in [0.15, 0.2) is 0 Å². The zero-order chi connectivity index (χ0) is 9.68. The lowest BCUT2D eigenvalue weighted by atomic mass is 10.3. The van der Waals surface area contributed by atoms with Crippen LogP contribution in [0.25, 0.3) is 0 Å². The van der Waals surface area contributed by atoms with E-state index in [1.807, 2.05) is 0 Å². The molecule has 2 nitrogen and oxygen atoms in total.